The zero-order valence-electron chi connectivity index (χ0n) is 13.0. The molecule has 4 rings (SSSR count). The van der Waals surface area contributed by atoms with Crippen molar-refractivity contribution < 1.29 is 13.6 Å². The first-order chi connectivity index (χ1) is 11.6. The standard InChI is InChI=1S/C17H18F2N4O/c18-11-5-12(19)7-13(6-11)23-4-3-16(22-23)17(24)21-15-2-1-10-8-20-9-14(10)15/h3-7,10,14-15,20H,1-2,8-9H2,(H,21,24). The number of rotatable bonds is 3. The number of fused-ring (bicyclic) bond motifs is 1. The van der Waals surface area contributed by atoms with E-state index in [1.165, 1.54) is 23.0 Å². The molecule has 0 bridgehead atoms. The SMILES string of the molecule is O=C(NC1CCC2CNCC21)c1ccn(-c2cc(F)cc(F)c2)n1. The molecule has 5 nitrogen and oxygen atoms in total. The summed E-state index contributed by atoms with van der Waals surface area (Å²) in [6, 6.07) is 4.85. The van der Waals surface area contributed by atoms with Gasteiger partial charge in [-0.1, -0.05) is 0 Å². The summed E-state index contributed by atoms with van der Waals surface area (Å²) in [7, 11) is 0. The number of hydrogen-bond donors (Lipinski definition) is 2. The average Bonchev–Trinajstić information content (AvgIpc) is 3.24. The molecule has 1 aliphatic carbocycles. The number of hydrogen-bond acceptors (Lipinski definition) is 3. The summed E-state index contributed by atoms with van der Waals surface area (Å²) in [5.74, 6) is -0.492. The van der Waals surface area contributed by atoms with Crippen LogP contribution < -0.4 is 10.6 Å². The van der Waals surface area contributed by atoms with E-state index in [1.54, 1.807) is 6.07 Å². The van der Waals surface area contributed by atoms with Gasteiger partial charge >= 0.3 is 0 Å². The van der Waals surface area contributed by atoms with Crippen LogP contribution in [0, 0.1) is 23.5 Å². The molecule has 126 valence electrons. The topological polar surface area (TPSA) is 59.0 Å². The minimum absolute atomic E-state index is 0.161. The van der Waals surface area contributed by atoms with E-state index < -0.39 is 11.6 Å². The van der Waals surface area contributed by atoms with Crippen LogP contribution in [-0.4, -0.2) is 34.8 Å². The highest BCUT2D eigenvalue weighted by molar-refractivity contribution is 5.92. The van der Waals surface area contributed by atoms with Crippen LogP contribution in [0.25, 0.3) is 5.69 Å². The quantitative estimate of drug-likeness (QED) is 0.902. The molecule has 3 unspecified atom stereocenters. The zero-order valence-corrected chi connectivity index (χ0v) is 13.0. The van der Waals surface area contributed by atoms with Crippen molar-refractivity contribution in [1.29, 1.82) is 0 Å². The van der Waals surface area contributed by atoms with Crippen molar-refractivity contribution in [2.24, 2.45) is 11.8 Å². The van der Waals surface area contributed by atoms with E-state index in [4.69, 9.17) is 0 Å². The van der Waals surface area contributed by atoms with Crippen molar-refractivity contribution in [2.75, 3.05) is 13.1 Å². The predicted octanol–water partition coefficient (Wildman–Crippen LogP) is 1.88. The van der Waals surface area contributed by atoms with Gasteiger partial charge in [-0.25, -0.2) is 13.5 Å². The summed E-state index contributed by atoms with van der Waals surface area (Å²) in [4.78, 5) is 12.4. The first-order valence-electron chi connectivity index (χ1n) is 8.14. The van der Waals surface area contributed by atoms with Crippen LogP contribution in [0.4, 0.5) is 8.78 Å². The van der Waals surface area contributed by atoms with Crippen LogP contribution in [0.5, 0.6) is 0 Å². The Morgan fingerprint density at radius 2 is 2.00 bits per heavy atom. The molecule has 2 aliphatic rings. The average molecular weight is 332 g/mol. The van der Waals surface area contributed by atoms with Crippen molar-refractivity contribution in [3.05, 3.63) is 47.8 Å². The van der Waals surface area contributed by atoms with Crippen LogP contribution in [-0.2, 0) is 0 Å². The maximum Gasteiger partial charge on any atom is 0.272 e. The van der Waals surface area contributed by atoms with E-state index in [0.717, 1.165) is 32.0 Å². The van der Waals surface area contributed by atoms with Crippen LogP contribution >= 0.6 is 0 Å². The Morgan fingerprint density at radius 1 is 1.21 bits per heavy atom. The Balaban J connectivity index is 1.49. The second-order valence-electron chi connectivity index (χ2n) is 6.51. The highest BCUT2D eigenvalue weighted by Gasteiger charge is 2.39. The number of amides is 1. The monoisotopic (exact) mass is 332 g/mol. The molecule has 7 heteroatoms. The molecule has 2 aromatic rings. The fourth-order valence-electron chi connectivity index (χ4n) is 3.83. The molecular weight excluding hydrogens is 314 g/mol. The fraction of sp³-hybridized carbons (Fsp3) is 0.412. The number of nitrogens with zero attached hydrogens (tertiary/aromatic N) is 2. The minimum atomic E-state index is -0.683. The van der Waals surface area contributed by atoms with Crippen LogP contribution in [0.15, 0.2) is 30.5 Å². The third-order valence-electron chi connectivity index (χ3n) is 5.01. The number of benzene rings is 1. The van der Waals surface area contributed by atoms with Gasteiger partial charge in [0.15, 0.2) is 5.69 Å². The van der Waals surface area contributed by atoms with Gasteiger partial charge in [0.2, 0.25) is 0 Å². The van der Waals surface area contributed by atoms with Crippen molar-refractivity contribution in [3.8, 4) is 5.69 Å². The summed E-state index contributed by atoms with van der Waals surface area (Å²) in [6.45, 7) is 1.96. The fourth-order valence-corrected chi connectivity index (χ4v) is 3.83. The molecule has 1 aromatic carbocycles. The van der Waals surface area contributed by atoms with Crippen molar-refractivity contribution >= 4 is 5.91 Å². The summed E-state index contributed by atoms with van der Waals surface area (Å²) < 4.78 is 27.9. The van der Waals surface area contributed by atoms with Gasteiger partial charge < -0.3 is 10.6 Å². The van der Waals surface area contributed by atoms with Gasteiger partial charge in [0.05, 0.1) is 5.69 Å². The molecular formula is C17H18F2N4O. The number of halogens is 2. The molecule has 1 saturated carbocycles. The van der Waals surface area contributed by atoms with Crippen LogP contribution in [0.1, 0.15) is 23.3 Å². The lowest BCUT2D eigenvalue weighted by Gasteiger charge is -2.18. The molecule has 0 spiro atoms. The molecule has 2 N–H and O–H groups in total. The lowest BCUT2D eigenvalue weighted by molar-refractivity contribution is 0.0922. The van der Waals surface area contributed by atoms with Gasteiger partial charge in [0.1, 0.15) is 11.6 Å². The lowest BCUT2D eigenvalue weighted by Crippen LogP contribution is -2.39. The Hall–Kier alpha value is -2.28. The normalized spacial score (nSPS) is 25.7. The van der Waals surface area contributed by atoms with Gasteiger partial charge in [-0.15, -0.1) is 0 Å². The number of nitrogens with one attached hydrogen (secondary N) is 2. The molecule has 2 heterocycles. The Morgan fingerprint density at radius 3 is 2.79 bits per heavy atom. The van der Waals surface area contributed by atoms with Gasteiger partial charge in [0.25, 0.3) is 5.91 Å². The molecule has 1 aromatic heterocycles. The molecule has 24 heavy (non-hydrogen) atoms. The van der Waals surface area contributed by atoms with Crippen molar-refractivity contribution in [2.45, 2.75) is 18.9 Å². The Labute approximate surface area is 138 Å². The Bertz CT molecular complexity index is 755. The first kappa shape index (κ1) is 15.3. The van der Waals surface area contributed by atoms with Crippen LogP contribution in [0.3, 0.4) is 0 Å². The minimum Gasteiger partial charge on any atom is -0.348 e. The second-order valence-corrected chi connectivity index (χ2v) is 6.51. The zero-order chi connectivity index (χ0) is 16.7. The van der Waals surface area contributed by atoms with E-state index >= 15 is 0 Å². The van der Waals surface area contributed by atoms with Crippen molar-refractivity contribution in [1.82, 2.24) is 20.4 Å². The third kappa shape index (κ3) is 2.80. The number of carbonyl (C=O) groups is 1. The first-order valence-corrected chi connectivity index (χ1v) is 8.14. The highest BCUT2D eigenvalue weighted by atomic mass is 19.1. The number of aromatic nitrogens is 2. The van der Waals surface area contributed by atoms with E-state index in [0.29, 0.717) is 11.8 Å². The molecule has 2 fully saturated rings. The summed E-state index contributed by atoms with van der Waals surface area (Å²) in [5, 5.41) is 10.6. The lowest BCUT2D eigenvalue weighted by atomic mass is 9.98. The predicted molar refractivity (Wildman–Crippen MR) is 83.8 cm³/mol. The summed E-state index contributed by atoms with van der Waals surface area (Å²) in [6.07, 6.45) is 3.63. The van der Waals surface area contributed by atoms with Crippen LogP contribution in [0.2, 0.25) is 0 Å². The molecule has 1 aliphatic heterocycles. The molecule has 3 atom stereocenters. The van der Waals surface area contributed by atoms with E-state index in [2.05, 4.69) is 15.7 Å². The van der Waals surface area contributed by atoms with E-state index in [1.807, 2.05) is 0 Å². The van der Waals surface area contributed by atoms with Crippen molar-refractivity contribution in [3.63, 3.8) is 0 Å². The maximum absolute atomic E-state index is 13.3. The molecule has 1 amide bonds. The highest BCUT2D eigenvalue weighted by Crippen LogP contribution is 2.34. The molecule has 0 radical (unpaired) electrons. The van der Waals surface area contributed by atoms with Gasteiger partial charge in [0, 0.05) is 24.8 Å². The number of carbonyl (C=O) groups excluding carboxylic acids is 1. The van der Waals surface area contributed by atoms with E-state index in [9.17, 15) is 13.6 Å². The van der Waals surface area contributed by atoms with Gasteiger partial charge in [-0.3, -0.25) is 4.79 Å². The smallest absolute Gasteiger partial charge is 0.272 e. The Kier molecular flexibility index (Phi) is 3.80. The van der Waals surface area contributed by atoms with Gasteiger partial charge in [-0.2, -0.15) is 5.10 Å². The summed E-state index contributed by atoms with van der Waals surface area (Å²) >= 11 is 0. The van der Waals surface area contributed by atoms with E-state index in [-0.39, 0.29) is 23.3 Å². The molecule has 1 saturated heterocycles. The summed E-state index contributed by atoms with van der Waals surface area (Å²) in [5.41, 5.74) is 0.488. The third-order valence-corrected chi connectivity index (χ3v) is 5.01. The maximum atomic E-state index is 13.3. The largest absolute Gasteiger partial charge is 0.348 e. The second kappa shape index (κ2) is 5.98. The van der Waals surface area contributed by atoms with Gasteiger partial charge in [-0.05, 0) is 49.4 Å².